The number of benzene rings is 1. The molecule has 0 atom stereocenters. The third-order valence-corrected chi connectivity index (χ3v) is 4.94. The third-order valence-electron chi connectivity index (χ3n) is 4.94. The zero-order valence-corrected chi connectivity index (χ0v) is 14.6. The van der Waals surface area contributed by atoms with Crippen LogP contribution in [0.5, 0.6) is 0 Å². The zero-order chi connectivity index (χ0) is 18.1. The summed E-state index contributed by atoms with van der Waals surface area (Å²) in [5, 5.41) is 4.29. The fraction of sp³-hybridized carbons (Fsp3) is 0.368. The van der Waals surface area contributed by atoms with Crippen LogP contribution in [0.3, 0.4) is 0 Å². The molecule has 1 saturated heterocycles. The van der Waals surface area contributed by atoms with Crippen molar-refractivity contribution in [2.45, 2.75) is 26.2 Å². The number of nitrogens with zero attached hydrogens (tertiary/aromatic N) is 5. The Kier molecular flexibility index (Phi) is 4.36. The lowest BCUT2D eigenvalue weighted by atomic mass is 9.90. The Morgan fingerprint density at radius 3 is 2.81 bits per heavy atom. The normalized spacial score (nSPS) is 15.5. The van der Waals surface area contributed by atoms with Crippen molar-refractivity contribution < 1.29 is 9.18 Å². The summed E-state index contributed by atoms with van der Waals surface area (Å²) in [5.41, 5.74) is 1.90. The molecule has 0 saturated carbocycles. The second-order valence-corrected chi connectivity index (χ2v) is 6.80. The molecular weight excluding hydrogens is 333 g/mol. The molecule has 0 N–H and O–H groups in total. The number of aryl methyl sites for hydroxylation is 1. The van der Waals surface area contributed by atoms with Gasteiger partial charge in [-0.15, -0.1) is 5.10 Å². The molecule has 0 aliphatic carbocycles. The largest absolute Gasteiger partial charge is 0.336 e. The topological polar surface area (TPSA) is 63.4 Å². The fourth-order valence-electron chi connectivity index (χ4n) is 3.48. The number of likely N-dealkylation sites (tertiary alicyclic amines) is 1. The van der Waals surface area contributed by atoms with E-state index in [2.05, 4.69) is 15.1 Å². The van der Waals surface area contributed by atoms with E-state index in [9.17, 15) is 9.18 Å². The van der Waals surface area contributed by atoms with Gasteiger partial charge in [-0.05, 0) is 55.9 Å². The summed E-state index contributed by atoms with van der Waals surface area (Å²) in [6.45, 7) is 3.23. The molecule has 3 heterocycles. The summed E-state index contributed by atoms with van der Waals surface area (Å²) in [4.78, 5) is 22.9. The van der Waals surface area contributed by atoms with Gasteiger partial charge in [0.1, 0.15) is 5.82 Å². The highest BCUT2D eigenvalue weighted by atomic mass is 19.1. The molecule has 0 bridgehead atoms. The van der Waals surface area contributed by atoms with Crippen LogP contribution in [-0.2, 0) is 6.42 Å². The quantitative estimate of drug-likeness (QED) is 0.726. The van der Waals surface area contributed by atoms with Gasteiger partial charge in [0.05, 0.1) is 0 Å². The highest BCUT2D eigenvalue weighted by Gasteiger charge is 2.26. The number of halogens is 1. The van der Waals surface area contributed by atoms with Crippen LogP contribution in [-0.4, -0.2) is 43.5 Å². The summed E-state index contributed by atoms with van der Waals surface area (Å²) >= 11 is 0. The van der Waals surface area contributed by atoms with E-state index in [0.717, 1.165) is 30.5 Å². The first-order valence-electron chi connectivity index (χ1n) is 8.82. The minimum atomic E-state index is -0.197. The number of carbonyl (C=O) groups excluding carboxylic acids is 1. The number of rotatable bonds is 3. The van der Waals surface area contributed by atoms with Gasteiger partial charge < -0.3 is 4.90 Å². The molecule has 1 aromatic carbocycles. The third kappa shape index (κ3) is 3.29. The van der Waals surface area contributed by atoms with Crippen molar-refractivity contribution in [2.75, 3.05) is 13.1 Å². The monoisotopic (exact) mass is 353 g/mol. The second kappa shape index (κ2) is 6.82. The van der Waals surface area contributed by atoms with Gasteiger partial charge in [0.2, 0.25) is 5.82 Å². The summed E-state index contributed by atoms with van der Waals surface area (Å²) < 4.78 is 14.9. The number of hydrogen-bond donors (Lipinski definition) is 0. The van der Waals surface area contributed by atoms with E-state index in [1.165, 1.54) is 6.07 Å². The smallest absolute Gasteiger partial charge is 0.293 e. The molecule has 1 aliphatic rings. The van der Waals surface area contributed by atoms with Crippen LogP contribution in [0, 0.1) is 18.7 Å². The van der Waals surface area contributed by atoms with E-state index < -0.39 is 0 Å². The van der Waals surface area contributed by atoms with Crippen LogP contribution in [0.1, 0.15) is 34.7 Å². The van der Waals surface area contributed by atoms with Crippen LogP contribution in [0.15, 0.2) is 36.5 Å². The molecule has 134 valence electrons. The lowest BCUT2D eigenvalue weighted by molar-refractivity contribution is 0.0678. The van der Waals surface area contributed by atoms with Crippen molar-refractivity contribution in [3.8, 4) is 0 Å². The molecule has 7 heteroatoms. The van der Waals surface area contributed by atoms with Gasteiger partial charge in [-0.3, -0.25) is 4.79 Å². The molecule has 3 aromatic rings. The molecule has 0 radical (unpaired) electrons. The van der Waals surface area contributed by atoms with Crippen LogP contribution < -0.4 is 0 Å². The van der Waals surface area contributed by atoms with Gasteiger partial charge in [-0.2, -0.15) is 4.98 Å². The van der Waals surface area contributed by atoms with Gasteiger partial charge in [-0.1, -0.05) is 12.1 Å². The van der Waals surface area contributed by atoms with Gasteiger partial charge in [0.25, 0.3) is 11.7 Å². The van der Waals surface area contributed by atoms with Crippen LogP contribution in [0.25, 0.3) is 5.78 Å². The van der Waals surface area contributed by atoms with Crippen molar-refractivity contribution in [1.82, 2.24) is 24.5 Å². The molecule has 1 aliphatic heterocycles. The second-order valence-electron chi connectivity index (χ2n) is 6.80. The summed E-state index contributed by atoms with van der Waals surface area (Å²) in [6.07, 6.45) is 4.29. The van der Waals surface area contributed by atoms with Gasteiger partial charge in [0, 0.05) is 25.0 Å². The summed E-state index contributed by atoms with van der Waals surface area (Å²) in [7, 11) is 0. The molecule has 6 nitrogen and oxygen atoms in total. The average molecular weight is 353 g/mol. The number of amides is 1. The van der Waals surface area contributed by atoms with Crippen LogP contribution in [0.2, 0.25) is 0 Å². The van der Waals surface area contributed by atoms with Crippen molar-refractivity contribution in [1.29, 1.82) is 0 Å². The Balaban J connectivity index is 1.40. The van der Waals surface area contributed by atoms with E-state index in [1.54, 1.807) is 27.7 Å². The predicted molar refractivity (Wildman–Crippen MR) is 94.3 cm³/mol. The van der Waals surface area contributed by atoms with Crippen LogP contribution in [0.4, 0.5) is 4.39 Å². The lowest BCUT2D eigenvalue weighted by Gasteiger charge is -2.31. The minimum absolute atomic E-state index is 0.154. The standard InChI is InChI=1S/C19H20FN5O/c1-13-5-8-21-19-22-17(23-25(13)19)18(26)24-9-6-14(7-10-24)11-15-3-2-4-16(20)12-15/h2-5,8,12,14H,6-7,9-11H2,1H3. The molecule has 1 amide bonds. The number of fused-ring (bicyclic) bond motifs is 1. The molecule has 26 heavy (non-hydrogen) atoms. The Labute approximate surface area is 150 Å². The number of carbonyl (C=O) groups is 1. The highest BCUT2D eigenvalue weighted by molar-refractivity contribution is 5.90. The average Bonchev–Trinajstić information content (AvgIpc) is 3.08. The van der Waals surface area contributed by atoms with Crippen molar-refractivity contribution >= 4 is 11.7 Å². The number of hydrogen-bond acceptors (Lipinski definition) is 4. The first-order chi connectivity index (χ1) is 12.6. The molecule has 1 fully saturated rings. The maximum Gasteiger partial charge on any atom is 0.293 e. The maximum absolute atomic E-state index is 13.3. The predicted octanol–water partition coefficient (Wildman–Crippen LogP) is 2.67. The van der Waals surface area contributed by atoms with E-state index in [1.807, 2.05) is 19.1 Å². The van der Waals surface area contributed by atoms with Gasteiger partial charge >= 0.3 is 0 Å². The maximum atomic E-state index is 13.3. The number of aromatic nitrogens is 4. The number of piperidine rings is 1. The Morgan fingerprint density at radius 1 is 1.27 bits per heavy atom. The lowest BCUT2D eigenvalue weighted by Crippen LogP contribution is -2.39. The van der Waals surface area contributed by atoms with Crippen molar-refractivity contribution in [2.24, 2.45) is 5.92 Å². The summed E-state index contributed by atoms with van der Waals surface area (Å²) in [6, 6.07) is 8.58. The first kappa shape index (κ1) is 16.6. The molecular formula is C19H20FN5O. The first-order valence-corrected chi connectivity index (χ1v) is 8.82. The minimum Gasteiger partial charge on any atom is -0.336 e. The van der Waals surface area contributed by atoms with E-state index in [-0.39, 0.29) is 17.5 Å². The Morgan fingerprint density at radius 2 is 2.08 bits per heavy atom. The van der Waals surface area contributed by atoms with E-state index in [4.69, 9.17) is 0 Å². The van der Waals surface area contributed by atoms with E-state index in [0.29, 0.717) is 24.8 Å². The Bertz CT molecular complexity index is 946. The highest BCUT2D eigenvalue weighted by Crippen LogP contribution is 2.23. The fourth-order valence-corrected chi connectivity index (χ4v) is 3.48. The molecule has 0 unspecified atom stereocenters. The SMILES string of the molecule is Cc1ccnc2nc(C(=O)N3CCC(Cc4cccc(F)c4)CC3)nn12. The van der Waals surface area contributed by atoms with E-state index >= 15 is 0 Å². The molecule has 0 spiro atoms. The summed E-state index contributed by atoms with van der Waals surface area (Å²) in [5.74, 6) is 0.736. The molecule has 2 aromatic heterocycles. The van der Waals surface area contributed by atoms with Gasteiger partial charge in [-0.25, -0.2) is 13.9 Å². The molecule has 4 rings (SSSR count). The van der Waals surface area contributed by atoms with Gasteiger partial charge in [0.15, 0.2) is 0 Å². The van der Waals surface area contributed by atoms with Crippen molar-refractivity contribution in [3.05, 3.63) is 59.4 Å². The van der Waals surface area contributed by atoms with Crippen LogP contribution >= 0.6 is 0 Å². The zero-order valence-electron chi connectivity index (χ0n) is 14.6. The Hall–Kier alpha value is -2.83. The van der Waals surface area contributed by atoms with Crippen molar-refractivity contribution in [3.63, 3.8) is 0 Å².